The normalized spacial score (nSPS) is 16.7. The van der Waals surface area contributed by atoms with Crippen LogP contribution < -0.4 is 11.1 Å². The Kier molecular flexibility index (Phi) is 4.13. The summed E-state index contributed by atoms with van der Waals surface area (Å²) in [6.45, 7) is 1.49. The van der Waals surface area contributed by atoms with Crippen molar-refractivity contribution in [3.63, 3.8) is 0 Å². The minimum atomic E-state index is -0.616. The predicted molar refractivity (Wildman–Crippen MR) is 86.6 cm³/mol. The molecule has 6 heteroatoms. The number of carbonyl (C=O) groups is 1. The molecule has 0 bridgehead atoms. The van der Waals surface area contributed by atoms with Crippen molar-refractivity contribution in [1.82, 2.24) is 4.98 Å². The molecule has 23 heavy (non-hydrogen) atoms. The number of anilines is 1. The number of nitriles is 1. The maximum Gasteiger partial charge on any atom is 0.225 e. The van der Waals surface area contributed by atoms with Crippen LogP contribution in [-0.2, 0) is 9.53 Å². The van der Waals surface area contributed by atoms with Gasteiger partial charge in [0.05, 0.1) is 10.9 Å². The number of nitrogens with two attached hydrogens (primary N) is 1. The van der Waals surface area contributed by atoms with Crippen LogP contribution in [0.2, 0.25) is 0 Å². The van der Waals surface area contributed by atoms with E-state index in [1.165, 1.54) is 0 Å². The van der Waals surface area contributed by atoms with Gasteiger partial charge >= 0.3 is 0 Å². The number of ether oxygens (including phenoxy) is 1. The molecule has 3 N–H and O–H groups in total. The van der Waals surface area contributed by atoms with Gasteiger partial charge in [0, 0.05) is 30.8 Å². The zero-order chi connectivity index (χ0) is 16.3. The number of pyridine rings is 1. The number of benzene rings is 1. The van der Waals surface area contributed by atoms with Gasteiger partial charge in [-0.25, -0.2) is 4.98 Å². The van der Waals surface area contributed by atoms with Crippen LogP contribution >= 0.6 is 0 Å². The van der Waals surface area contributed by atoms with Gasteiger partial charge in [0.25, 0.3) is 0 Å². The molecule has 6 nitrogen and oxygen atoms in total. The third-order valence-electron chi connectivity index (χ3n) is 4.42. The first-order valence-corrected chi connectivity index (χ1v) is 7.56. The first-order chi connectivity index (χ1) is 11.1. The van der Waals surface area contributed by atoms with Crippen LogP contribution in [-0.4, -0.2) is 30.6 Å². The Bertz CT molecular complexity index is 776. The maximum absolute atomic E-state index is 11.9. The van der Waals surface area contributed by atoms with Gasteiger partial charge in [-0.3, -0.25) is 4.79 Å². The largest absolute Gasteiger partial charge is 0.383 e. The molecular weight excluding hydrogens is 292 g/mol. The quantitative estimate of drug-likeness (QED) is 0.896. The standard InChI is InChI=1S/C17H18N4O2/c18-10-12-9-15(13-3-1-2-4-14(13)21-12)20-11-17(16(19)22)5-7-23-8-6-17/h1-4,9H,5-8,11H2,(H2,19,22)(H,20,21). The van der Waals surface area contributed by atoms with E-state index in [1.54, 1.807) is 6.07 Å². The number of nitrogens with zero attached hydrogens (tertiary/aromatic N) is 2. The highest BCUT2D eigenvalue weighted by molar-refractivity contribution is 5.92. The molecule has 118 valence electrons. The second-order valence-corrected chi connectivity index (χ2v) is 5.79. The van der Waals surface area contributed by atoms with Crippen molar-refractivity contribution in [2.75, 3.05) is 25.1 Å². The summed E-state index contributed by atoms with van der Waals surface area (Å²) in [7, 11) is 0. The molecule has 0 atom stereocenters. The third kappa shape index (κ3) is 2.96. The highest BCUT2D eigenvalue weighted by atomic mass is 16.5. The van der Waals surface area contributed by atoms with E-state index in [2.05, 4.69) is 16.4 Å². The third-order valence-corrected chi connectivity index (χ3v) is 4.42. The number of nitrogens with one attached hydrogen (secondary N) is 1. The van der Waals surface area contributed by atoms with E-state index < -0.39 is 5.41 Å². The summed E-state index contributed by atoms with van der Waals surface area (Å²) >= 11 is 0. The lowest BCUT2D eigenvalue weighted by molar-refractivity contribution is -0.132. The van der Waals surface area contributed by atoms with Crippen molar-refractivity contribution in [2.45, 2.75) is 12.8 Å². The van der Waals surface area contributed by atoms with E-state index in [1.807, 2.05) is 24.3 Å². The molecule has 1 aliphatic heterocycles. The van der Waals surface area contributed by atoms with Crippen LogP contribution in [0.15, 0.2) is 30.3 Å². The summed E-state index contributed by atoms with van der Waals surface area (Å²) in [6.07, 6.45) is 1.20. The first-order valence-electron chi connectivity index (χ1n) is 7.56. The summed E-state index contributed by atoms with van der Waals surface area (Å²) in [5.41, 5.74) is 6.89. The molecule has 2 heterocycles. The molecule has 2 aromatic rings. The lowest BCUT2D eigenvalue weighted by Crippen LogP contribution is -2.46. The average Bonchev–Trinajstić information content (AvgIpc) is 2.60. The molecule has 0 radical (unpaired) electrons. The van der Waals surface area contributed by atoms with Gasteiger partial charge < -0.3 is 15.8 Å². The molecule has 0 spiro atoms. The van der Waals surface area contributed by atoms with Crippen LogP contribution in [0.3, 0.4) is 0 Å². The van der Waals surface area contributed by atoms with E-state index in [9.17, 15) is 4.79 Å². The van der Waals surface area contributed by atoms with Crippen molar-refractivity contribution in [3.8, 4) is 6.07 Å². The summed E-state index contributed by atoms with van der Waals surface area (Å²) in [6, 6.07) is 11.4. The number of hydrogen-bond acceptors (Lipinski definition) is 5. The highest BCUT2D eigenvalue weighted by Gasteiger charge is 2.38. The van der Waals surface area contributed by atoms with Crippen molar-refractivity contribution >= 4 is 22.5 Å². The zero-order valence-electron chi connectivity index (χ0n) is 12.7. The van der Waals surface area contributed by atoms with E-state index in [4.69, 9.17) is 15.7 Å². The van der Waals surface area contributed by atoms with Gasteiger partial charge in [0.15, 0.2) is 0 Å². The minimum Gasteiger partial charge on any atom is -0.383 e. The summed E-state index contributed by atoms with van der Waals surface area (Å²) in [5, 5.41) is 13.4. The molecule has 0 aliphatic carbocycles. The Labute approximate surface area is 134 Å². The first kappa shape index (κ1) is 15.3. The number of carbonyl (C=O) groups excluding carboxylic acids is 1. The number of para-hydroxylation sites is 1. The molecule has 3 rings (SSSR count). The average molecular weight is 310 g/mol. The Balaban J connectivity index is 1.92. The number of aromatic nitrogens is 1. The van der Waals surface area contributed by atoms with Crippen LogP contribution in [0.25, 0.3) is 10.9 Å². The Morgan fingerprint density at radius 1 is 1.39 bits per heavy atom. The maximum atomic E-state index is 11.9. The van der Waals surface area contributed by atoms with Gasteiger partial charge in [0.2, 0.25) is 5.91 Å². The number of primary amides is 1. The van der Waals surface area contributed by atoms with E-state index >= 15 is 0 Å². The van der Waals surface area contributed by atoms with E-state index in [0.29, 0.717) is 38.3 Å². The predicted octanol–water partition coefficient (Wildman–Crippen LogP) is 1.80. The number of fused-ring (bicyclic) bond motifs is 1. The van der Waals surface area contributed by atoms with Crippen molar-refractivity contribution < 1.29 is 9.53 Å². The topological polar surface area (TPSA) is 101 Å². The Morgan fingerprint density at radius 3 is 2.83 bits per heavy atom. The van der Waals surface area contributed by atoms with E-state index in [-0.39, 0.29) is 5.91 Å². The number of hydrogen-bond donors (Lipinski definition) is 2. The second kappa shape index (κ2) is 6.23. The minimum absolute atomic E-state index is 0.313. The van der Waals surface area contributed by atoms with Crippen molar-refractivity contribution in [3.05, 3.63) is 36.0 Å². The number of amides is 1. The molecule has 0 saturated carbocycles. The number of rotatable bonds is 4. The van der Waals surface area contributed by atoms with Gasteiger partial charge in [-0.05, 0) is 25.0 Å². The fraction of sp³-hybridized carbons (Fsp3) is 0.353. The van der Waals surface area contributed by atoms with Crippen LogP contribution in [0, 0.1) is 16.7 Å². The van der Waals surface area contributed by atoms with Gasteiger partial charge in [-0.2, -0.15) is 5.26 Å². The van der Waals surface area contributed by atoms with Crippen LogP contribution in [0.1, 0.15) is 18.5 Å². The van der Waals surface area contributed by atoms with Crippen LogP contribution in [0.5, 0.6) is 0 Å². The van der Waals surface area contributed by atoms with Gasteiger partial charge in [-0.15, -0.1) is 0 Å². The molecule has 0 unspecified atom stereocenters. The summed E-state index contributed by atoms with van der Waals surface area (Å²) < 4.78 is 5.35. The Hall–Kier alpha value is -2.65. The molecule has 1 fully saturated rings. The molecule has 1 saturated heterocycles. The zero-order valence-corrected chi connectivity index (χ0v) is 12.7. The highest BCUT2D eigenvalue weighted by Crippen LogP contribution is 2.32. The monoisotopic (exact) mass is 310 g/mol. The molecule has 1 aliphatic rings. The molecule has 1 aromatic heterocycles. The van der Waals surface area contributed by atoms with Gasteiger partial charge in [0.1, 0.15) is 11.8 Å². The SMILES string of the molecule is N#Cc1cc(NCC2(C(N)=O)CCOCC2)c2ccccc2n1. The Morgan fingerprint density at radius 2 is 2.13 bits per heavy atom. The lowest BCUT2D eigenvalue weighted by atomic mass is 9.79. The fourth-order valence-electron chi connectivity index (χ4n) is 2.92. The summed E-state index contributed by atoms with van der Waals surface area (Å²) in [5.74, 6) is -0.313. The molecule has 1 amide bonds. The van der Waals surface area contributed by atoms with Gasteiger partial charge in [-0.1, -0.05) is 18.2 Å². The lowest BCUT2D eigenvalue weighted by Gasteiger charge is -2.34. The molecular formula is C17H18N4O2. The second-order valence-electron chi connectivity index (χ2n) is 5.79. The van der Waals surface area contributed by atoms with Crippen molar-refractivity contribution in [1.29, 1.82) is 5.26 Å². The smallest absolute Gasteiger partial charge is 0.225 e. The fourth-order valence-corrected chi connectivity index (χ4v) is 2.92. The van der Waals surface area contributed by atoms with Crippen molar-refractivity contribution in [2.24, 2.45) is 11.1 Å². The summed E-state index contributed by atoms with van der Waals surface area (Å²) in [4.78, 5) is 16.2. The van der Waals surface area contributed by atoms with Crippen LogP contribution in [0.4, 0.5) is 5.69 Å². The van der Waals surface area contributed by atoms with E-state index in [0.717, 1.165) is 16.6 Å². The molecule has 1 aromatic carbocycles.